The van der Waals surface area contributed by atoms with Gasteiger partial charge in [0.15, 0.2) is 5.65 Å². The lowest BCUT2D eigenvalue weighted by molar-refractivity contribution is 0.0527. The van der Waals surface area contributed by atoms with Crippen LogP contribution >= 0.6 is 0 Å². The largest absolute Gasteiger partial charge is 0.462 e. The van der Waals surface area contributed by atoms with E-state index in [1.807, 2.05) is 0 Å². The SMILES string of the molecule is CCOC(=O)c1c(C)nn2c1ncc1c(=O)n(N)ccc12. The number of aryl methyl sites for hydroxylation is 1. The summed E-state index contributed by atoms with van der Waals surface area (Å²) in [5.41, 5.74) is 1.30. The van der Waals surface area contributed by atoms with Crippen molar-refractivity contribution in [3.8, 4) is 0 Å². The van der Waals surface area contributed by atoms with E-state index in [1.54, 1.807) is 19.9 Å². The van der Waals surface area contributed by atoms with E-state index in [1.165, 1.54) is 16.9 Å². The fraction of sp³-hybridized carbons (Fsp3) is 0.231. The minimum atomic E-state index is -0.482. The number of fused-ring (bicyclic) bond motifs is 3. The van der Waals surface area contributed by atoms with Gasteiger partial charge in [-0.15, -0.1) is 0 Å². The van der Waals surface area contributed by atoms with Crippen LogP contribution in [0.4, 0.5) is 0 Å². The summed E-state index contributed by atoms with van der Waals surface area (Å²) in [5, 5.41) is 4.60. The van der Waals surface area contributed by atoms with Crippen molar-refractivity contribution in [2.24, 2.45) is 0 Å². The van der Waals surface area contributed by atoms with Crippen LogP contribution in [-0.2, 0) is 4.74 Å². The topological polar surface area (TPSA) is 105 Å². The molecule has 0 saturated carbocycles. The highest BCUT2D eigenvalue weighted by Crippen LogP contribution is 2.18. The van der Waals surface area contributed by atoms with Crippen LogP contribution in [0.1, 0.15) is 23.0 Å². The number of carbonyl (C=O) groups excluding carboxylic acids is 1. The molecule has 0 aliphatic carbocycles. The number of nitrogens with two attached hydrogens (primary N) is 1. The maximum absolute atomic E-state index is 12.0. The van der Waals surface area contributed by atoms with E-state index in [0.29, 0.717) is 27.8 Å². The predicted molar refractivity (Wildman–Crippen MR) is 75.6 cm³/mol. The number of nitrogens with zero attached hydrogens (tertiary/aromatic N) is 4. The van der Waals surface area contributed by atoms with Gasteiger partial charge < -0.3 is 10.6 Å². The highest BCUT2D eigenvalue weighted by atomic mass is 16.5. The quantitative estimate of drug-likeness (QED) is 0.535. The standard InChI is InChI=1S/C13H13N5O3/c1-3-21-13(20)10-7(2)16-18-9-4-5-17(14)12(19)8(9)6-15-11(10)18/h4-6H,3,14H2,1-2H3. The molecule has 0 unspecified atom stereocenters. The molecule has 8 heteroatoms. The zero-order valence-corrected chi connectivity index (χ0v) is 11.5. The lowest BCUT2D eigenvalue weighted by atomic mass is 10.2. The second-order valence-corrected chi connectivity index (χ2v) is 4.50. The third-order valence-electron chi connectivity index (χ3n) is 3.19. The van der Waals surface area contributed by atoms with Crippen LogP contribution in [0.3, 0.4) is 0 Å². The Hall–Kier alpha value is -2.90. The van der Waals surface area contributed by atoms with Crippen molar-refractivity contribution in [2.45, 2.75) is 13.8 Å². The van der Waals surface area contributed by atoms with Crippen molar-refractivity contribution in [3.05, 3.63) is 40.1 Å². The van der Waals surface area contributed by atoms with E-state index in [2.05, 4.69) is 10.1 Å². The Bertz CT molecular complexity index is 925. The van der Waals surface area contributed by atoms with Crippen molar-refractivity contribution in [3.63, 3.8) is 0 Å². The zero-order chi connectivity index (χ0) is 15.1. The third kappa shape index (κ3) is 1.83. The number of pyridine rings is 1. The van der Waals surface area contributed by atoms with Crippen LogP contribution in [0.5, 0.6) is 0 Å². The lowest BCUT2D eigenvalue weighted by Gasteiger charge is -2.03. The Kier molecular flexibility index (Phi) is 2.86. The van der Waals surface area contributed by atoms with E-state index < -0.39 is 5.97 Å². The number of ether oxygens (including phenoxy) is 1. The molecule has 3 aromatic heterocycles. The minimum Gasteiger partial charge on any atom is -0.462 e. The maximum atomic E-state index is 12.0. The van der Waals surface area contributed by atoms with Gasteiger partial charge in [-0.05, 0) is 19.9 Å². The van der Waals surface area contributed by atoms with Crippen LogP contribution in [0.15, 0.2) is 23.3 Å². The molecular weight excluding hydrogens is 274 g/mol. The molecule has 8 nitrogen and oxygen atoms in total. The van der Waals surface area contributed by atoms with E-state index >= 15 is 0 Å². The molecule has 0 fully saturated rings. The third-order valence-corrected chi connectivity index (χ3v) is 3.19. The Labute approximate surface area is 118 Å². The normalized spacial score (nSPS) is 11.1. The smallest absolute Gasteiger partial charge is 0.343 e. The van der Waals surface area contributed by atoms with Gasteiger partial charge in [0.2, 0.25) is 0 Å². The average molecular weight is 287 g/mol. The van der Waals surface area contributed by atoms with Gasteiger partial charge in [-0.25, -0.2) is 19.0 Å². The second-order valence-electron chi connectivity index (χ2n) is 4.50. The van der Waals surface area contributed by atoms with Gasteiger partial charge in [0, 0.05) is 12.4 Å². The Morgan fingerprint density at radius 1 is 1.48 bits per heavy atom. The van der Waals surface area contributed by atoms with Gasteiger partial charge >= 0.3 is 5.97 Å². The number of hydrogen-bond donors (Lipinski definition) is 1. The monoisotopic (exact) mass is 287 g/mol. The van der Waals surface area contributed by atoms with Crippen molar-refractivity contribution >= 4 is 22.5 Å². The molecule has 0 aromatic carbocycles. The highest BCUT2D eigenvalue weighted by molar-refractivity contribution is 5.98. The molecule has 3 heterocycles. The molecule has 0 saturated heterocycles. The summed E-state index contributed by atoms with van der Waals surface area (Å²) in [4.78, 5) is 28.1. The first-order chi connectivity index (χ1) is 10.0. The highest BCUT2D eigenvalue weighted by Gasteiger charge is 2.21. The van der Waals surface area contributed by atoms with E-state index in [9.17, 15) is 9.59 Å². The van der Waals surface area contributed by atoms with Crippen LogP contribution < -0.4 is 11.4 Å². The number of rotatable bonds is 2. The fourth-order valence-electron chi connectivity index (χ4n) is 2.23. The van der Waals surface area contributed by atoms with Gasteiger partial charge in [-0.3, -0.25) is 4.79 Å². The summed E-state index contributed by atoms with van der Waals surface area (Å²) in [6.45, 7) is 3.68. The van der Waals surface area contributed by atoms with E-state index in [-0.39, 0.29) is 12.2 Å². The molecule has 108 valence electrons. The number of carbonyl (C=O) groups is 1. The molecular formula is C13H13N5O3. The summed E-state index contributed by atoms with van der Waals surface area (Å²) in [6.07, 6.45) is 2.82. The number of hydrogen-bond acceptors (Lipinski definition) is 6. The van der Waals surface area contributed by atoms with E-state index in [0.717, 1.165) is 4.68 Å². The lowest BCUT2D eigenvalue weighted by Crippen LogP contribution is -2.26. The van der Waals surface area contributed by atoms with Gasteiger partial charge in [-0.2, -0.15) is 5.10 Å². The average Bonchev–Trinajstić information content (AvgIpc) is 2.79. The summed E-state index contributed by atoms with van der Waals surface area (Å²) < 4.78 is 7.44. The summed E-state index contributed by atoms with van der Waals surface area (Å²) in [6, 6.07) is 1.65. The first-order valence-electron chi connectivity index (χ1n) is 6.36. The van der Waals surface area contributed by atoms with E-state index in [4.69, 9.17) is 10.6 Å². The summed E-state index contributed by atoms with van der Waals surface area (Å²) in [7, 11) is 0. The van der Waals surface area contributed by atoms with Gasteiger partial charge in [-0.1, -0.05) is 0 Å². The fourth-order valence-corrected chi connectivity index (χ4v) is 2.23. The van der Waals surface area contributed by atoms with Crippen molar-refractivity contribution < 1.29 is 9.53 Å². The molecule has 0 atom stereocenters. The molecule has 0 aliphatic heterocycles. The molecule has 2 N–H and O–H groups in total. The van der Waals surface area contributed by atoms with Crippen molar-refractivity contribution in [2.75, 3.05) is 12.4 Å². The van der Waals surface area contributed by atoms with Crippen LogP contribution in [0.2, 0.25) is 0 Å². The predicted octanol–water partition coefficient (Wildman–Crippen LogP) is 0.243. The Morgan fingerprint density at radius 2 is 2.24 bits per heavy atom. The molecule has 0 spiro atoms. The van der Waals surface area contributed by atoms with Crippen LogP contribution in [-0.4, -0.2) is 31.9 Å². The molecule has 3 aromatic rings. The van der Waals surface area contributed by atoms with Gasteiger partial charge in [0.25, 0.3) is 5.56 Å². The number of nitrogen functional groups attached to an aromatic ring is 1. The molecule has 21 heavy (non-hydrogen) atoms. The molecule has 0 bridgehead atoms. The van der Waals surface area contributed by atoms with Crippen LogP contribution in [0.25, 0.3) is 16.6 Å². The zero-order valence-electron chi connectivity index (χ0n) is 11.5. The Balaban J connectivity index is 2.39. The molecule has 0 radical (unpaired) electrons. The minimum absolute atomic E-state index is 0.265. The van der Waals surface area contributed by atoms with Crippen LogP contribution in [0, 0.1) is 6.92 Å². The Morgan fingerprint density at radius 3 is 2.95 bits per heavy atom. The first kappa shape index (κ1) is 13.1. The molecule has 3 rings (SSSR count). The van der Waals surface area contributed by atoms with Gasteiger partial charge in [0.05, 0.1) is 23.2 Å². The molecule has 0 aliphatic rings. The maximum Gasteiger partial charge on any atom is 0.343 e. The number of esters is 1. The first-order valence-corrected chi connectivity index (χ1v) is 6.36. The number of aromatic nitrogens is 4. The summed E-state index contributed by atoms with van der Waals surface area (Å²) >= 11 is 0. The van der Waals surface area contributed by atoms with Crippen molar-refractivity contribution in [1.29, 1.82) is 0 Å². The second kappa shape index (κ2) is 4.58. The summed E-state index contributed by atoms with van der Waals surface area (Å²) in [5.74, 6) is 5.04. The molecule has 0 amide bonds. The van der Waals surface area contributed by atoms with Crippen molar-refractivity contribution in [1.82, 2.24) is 19.3 Å². The van der Waals surface area contributed by atoms with Gasteiger partial charge in [0.1, 0.15) is 5.56 Å².